The van der Waals surface area contributed by atoms with E-state index in [0.717, 1.165) is 17.1 Å². The number of carbonyl (C=O) groups is 1. The van der Waals surface area contributed by atoms with Crippen LogP contribution in [-0.2, 0) is 0 Å². The molecule has 3 aromatic rings. The number of aromatic carboxylic acids is 1. The summed E-state index contributed by atoms with van der Waals surface area (Å²) in [5, 5.41) is 17.4. The lowest BCUT2D eigenvalue weighted by atomic mass is 10.1. The second kappa shape index (κ2) is 5.20. The lowest BCUT2D eigenvalue weighted by Crippen LogP contribution is -2.01. The molecule has 5 nitrogen and oxygen atoms in total. The van der Waals surface area contributed by atoms with Crippen molar-refractivity contribution >= 4 is 5.97 Å². The number of aryl methyl sites for hydroxylation is 1. The first kappa shape index (κ1) is 13.1. The second-order valence-corrected chi connectivity index (χ2v) is 4.63. The molecule has 0 unspecified atom stereocenters. The van der Waals surface area contributed by atoms with Crippen LogP contribution in [0.25, 0.3) is 17.1 Å². The highest BCUT2D eigenvalue weighted by Crippen LogP contribution is 2.23. The normalized spacial score (nSPS) is 10.5. The van der Waals surface area contributed by atoms with Gasteiger partial charge in [0.15, 0.2) is 5.82 Å². The zero-order valence-electron chi connectivity index (χ0n) is 11.4. The van der Waals surface area contributed by atoms with Crippen molar-refractivity contribution in [3.05, 3.63) is 66.0 Å². The summed E-state index contributed by atoms with van der Waals surface area (Å²) in [5.41, 5.74) is 1.89. The molecule has 0 aliphatic rings. The molecule has 0 fully saturated rings. The van der Waals surface area contributed by atoms with Gasteiger partial charge in [0.1, 0.15) is 5.82 Å². The summed E-state index contributed by atoms with van der Waals surface area (Å²) in [7, 11) is 0. The Balaban J connectivity index is 2.17. The number of hydrogen-bond acceptors (Lipinski definition) is 3. The van der Waals surface area contributed by atoms with E-state index < -0.39 is 5.97 Å². The van der Waals surface area contributed by atoms with Gasteiger partial charge in [-0.15, -0.1) is 10.2 Å². The third-order valence-corrected chi connectivity index (χ3v) is 3.21. The van der Waals surface area contributed by atoms with Gasteiger partial charge < -0.3 is 5.11 Å². The Labute approximate surface area is 121 Å². The van der Waals surface area contributed by atoms with Crippen molar-refractivity contribution < 1.29 is 9.90 Å². The van der Waals surface area contributed by atoms with Crippen LogP contribution in [0.1, 0.15) is 16.2 Å². The standard InChI is InChI=1S/C16H13N3O2/c1-11-17-18-15(19(11)14-8-3-2-4-9-14)12-6-5-7-13(10-12)16(20)21/h2-10H,1H3,(H,20,21). The quantitative estimate of drug-likeness (QED) is 0.800. The molecule has 0 saturated heterocycles. The maximum Gasteiger partial charge on any atom is 0.335 e. The molecule has 0 radical (unpaired) electrons. The molecule has 3 rings (SSSR count). The highest BCUT2D eigenvalue weighted by atomic mass is 16.4. The van der Waals surface area contributed by atoms with Gasteiger partial charge in [0.2, 0.25) is 0 Å². The minimum Gasteiger partial charge on any atom is -0.478 e. The molecule has 21 heavy (non-hydrogen) atoms. The first-order valence-electron chi connectivity index (χ1n) is 6.48. The van der Waals surface area contributed by atoms with Crippen LogP contribution >= 0.6 is 0 Å². The first-order valence-corrected chi connectivity index (χ1v) is 6.48. The maximum absolute atomic E-state index is 11.1. The van der Waals surface area contributed by atoms with Gasteiger partial charge >= 0.3 is 5.97 Å². The molecule has 1 heterocycles. The summed E-state index contributed by atoms with van der Waals surface area (Å²) in [6.07, 6.45) is 0. The zero-order valence-corrected chi connectivity index (χ0v) is 11.4. The molecule has 0 amide bonds. The zero-order chi connectivity index (χ0) is 14.8. The third kappa shape index (κ3) is 2.41. The van der Waals surface area contributed by atoms with Crippen LogP contribution < -0.4 is 0 Å². The van der Waals surface area contributed by atoms with Gasteiger partial charge in [0.25, 0.3) is 0 Å². The fourth-order valence-corrected chi connectivity index (χ4v) is 2.23. The lowest BCUT2D eigenvalue weighted by Gasteiger charge is -2.09. The fraction of sp³-hybridized carbons (Fsp3) is 0.0625. The van der Waals surface area contributed by atoms with Crippen molar-refractivity contribution in [2.24, 2.45) is 0 Å². The highest BCUT2D eigenvalue weighted by molar-refractivity contribution is 5.89. The summed E-state index contributed by atoms with van der Waals surface area (Å²) in [5.74, 6) is 0.415. The van der Waals surface area contributed by atoms with Crippen molar-refractivity contribution in [3.63, 3.8) is 0 Å². The molecule has 0 aliphatic heterocycles. The minimum atomic E-state index is -0.959. The van der Waals surface area contributed by atoms with E-state index in [1.807, 2.05) is 47.9 Å². The Bertz CT molecular complexity index is 794. The van der Waals surface area contributed by atoms with Crippen LogP contribution in [0.5, 0.6) is 0 Å². The molecule has 0 spiro atoms. The number of nitrogens with zero attached hydrogens (tertiary/aromatic N) is 3. The van der Waals surface area contributed by atoms with E-state index in [1.54, 1.807) is 18.2 Å². The van der Waals surface area contributed by atoms with Gasteiger partial charge in [-0.25, -0.2) is 4.79 Å². The van der Waals surface area contributed by atoms with Crippen molar-refractivity contribution in [1.82, 2.24) is 14.8 Å². The number of rotatable bonds is 3. The number of benzene rings is 2. The summed E-state index contributed by atoms with van der Waals surface area (Å²) in [6, 6.07) is 16.4. The largest absolute Gasteiger partial charge is 0.478 e. The van der Waals surface area contributed by atoms with Gasteiger partial charge in [-0.3, -0.25) is 4.57 Å². The van der Waals surface area contributed by atoms with Crippen molar-refractivity contribution in [1.29, 1.82) is 0 Å². The summed E-state index contributed by atoms with van der Waals surface area (Å²) in [4.78, 5) is 11.1. The van der Waals surface area contributed by atoms with E-state index >= 15 is 0 Å². The predicted octanol–water partition coefficient (Wildman–Crippen LogP) is 2.94. The van der Waals surface area contributed by atoms with E-state index in [0.29, 0.717) is 5.82 Å². The molecule has 2 aromatic carbocycles. The van der Waals surface area contributed by atoms with Crippen molar-refractivity contribution in [2.75, 3.05) is 0 Å². The highest BCUT2D eigenvalue weighted by Gasteiger charge is 2.14. The fourth-order valence-electron chi connectivity index (χ4n) is 2.23. The Hall–Kier alpha value is -2.95. The molecular formula is C16H13N3O2. The average Bonchev–Trinajstić information content (AvgIpc) is 2.90. The number of carboxylic acids is 1. The van der Waals surface area contributed by atoms with E-state index in [-0.39, 0.29) is 5.56 Å². The van der Waals surface area contributed by atoms with Crippen molar-refractivity contribution in [3.8, 4) is 17.1 Å². The third-order valence-electron chi connectivity index (χ3n) is 3.21. The number of carboxylic acid groups (broad SMARTS) is 1. The van der Waals surface area contributed by atoms with Crippen LogP contribution in [-0.4, -0.2) is 25.8 Å². The molecule has 104 valence electrons. The van der Waals surface area contributed by atoms with E-state index in [9.17, 15) is 4.79 Å². The molecule has 5 heteroatoms. The minimum absolute atomic E-state index is 0.229. The van der Waals surface area contributed by atoms with Gasteiger partial charge in [-0.1, -0.05) is 30.3 Å². The maximum atomic E-state index is 11.1. The van der Waals surface area contributed by atoms with E-state index in [1.165, 1.54) is 0 Å². The van der Waals surface area contributed by atoms with Gasteiger partial charge in [0.05, 0.1) is 5.56 Å². The molecule has 0 bridgehead atoms. The Morgan fingerprint density at radius 2 is 1.81 bits per heavy atom. The summed E-state index contributed by atoms with van der Waals surface area (Å²) >= 11 is 0. The monoisotopic (exact) mass is 279 g/mol. The topological polar surface area (TPSA) is 68.0 Å². The van der Waals surface area contributed by atoms with Gasteiger partial charge in [0, 0.05) is 11.3 Å². The number of aromatic nitrogens is 3. The van der Waals surface area contributed by atoms with Crippen LogP contribution in [0.3, 0.4) is 0 Å². The summed E-state index contributed by atoms with van der Waals surface area (Å²) in [6.45, 7) is 1.87. The Morgan fingerprint density at radius 3 is 2.52 bits per heavy atom. The van der Waals surface area contributed by atoms with Gasteiger partial charge in [-0.2, -0.15) is 0 Å². The number of hydrogen-bond donors (Lipinski definition) is 1. The lowest BCUT2D eigenvalue weighted by molar-refractivity contribution is 0.0697. The molecule has 1 N–H and O–H groups in total. The van der Waals surface area contributed by atoms with Crippen LogP contribution in [0.2, 0.25) is 0 Å². The smallest absolute Gasteiger partial charge is 0.335 e. The molecule has 1 aromatic heterocycles. The SMILES string of the molecule is Cc1nnc(-c2cccc(C(=O)O)c2)n1-c1ccccc1. The molecule has 0 saturated carbocycles. The van der Waals surface area contributed by atoms with Gasteiger partial charge in [-0.05, 0) is 31.2 Å². The Morgan fingerprint density at radius 1 is 1.05 bits per heavy atom. The van der Waals surface area contributed by atoms with E-state index in [2.05, 4.69) is 10.2 Å². The Kier molecular flexibility index (Phi) is 3.23. The van der Waals surface area contributed by atoms with Crippen molar-refractivity contribution in [2.45, 2.75) is 6.92 Å². The average molecular weight is 279 g/mol. The molecular weight excluding hydrogens is 266 g/mol. The van der Waals surface area contributed by atoms with E-state index in [4.69, 9.17) is 5.11 Å². The number of para-hydroxylation sites is 1. The summed E-state index contributed by atoms with van der Waals surface area (Å²) < 4.78 is 1.90. The first-order chi connectivity index (χ1) is 10.2. The molecule has 0 aliphatic carbocycles. The van der Waals surface area contributed by atoms with Crippen LogP contribution in [0.4, 0.5) is 0 Å². The van der Waals surface area contributed by atoms with Crippen LogP contribution in [0.15, 0.2) is 54.6 Å². The predicted molar refractivity (Wildman–Crippen MR) is 78.5 cm³/mol. The van der Waals surface area contributed by atoms with Crippen LogP contribution in [0, 0.1) is 6.92 Å². The molecule has 0 atom stereocenters. The second-order valence-electron chi connectivity index (χ2n) is 4.63.